The normalized spacial score (nSPS) is 28.3. The Balaban J connectivity index is 1.56. The fourth-order valence-corrected chi connectivity index (χ4v) is 3.19. The van der Waals surface area contributed by atoms with Crippen LogP contribution in [0.15, 0.2) is 18.5 Å². The Bertz CT molecular complexity index is 539. The summed E-state index contributed by atoms with van der Waals surface area (Å²) in [5, 5.41) is 21.4. The first kappa shape index (κ1) is 15.2. The molecule has 1 amide bonds. The molecular weight excluding hydrogens is 286 g/mol. The van der Waals surface area contributed by atoms with Crippen molar-refractivity contribution in [1.29, 1.82) is 0 Å². The number of amides is 1. The van der Waals surface area contributed by atoms with Crippen LogP contribution in [0.4, 0.5) is 0 Å². The van der Waals surface area contributed by atoms with E-state index in [2.05, 4.69) is 15.2 Å². The predicted molar refractivity (Wildman–Crippen MR) is 78.6 cm³/mol. The molecule has 22 heavy (non-hydrogen) atoms. The Labute approximate surface area is 128 Å². The number of aliphatic hydroxyl groups is 1. The molecule has 0 spiro atoms. The number of nitrogens with zero attached hydrogens (tertiary/aromatic N) is 2. The van der Waals surface area contributed by atoms with Crippen molar-refractivity contribution in [3.63, 3.8) is 0 Å². The molecule has 2 fully saturated rings. The van der Waals surface area contributed by atoms with Crippen molar-refractivity contribution >= 4 is 5.91 Å². The van der Waals surface area contributed by atoms with Crippen molar-refractivity contribution in [2.24, 2.45) is 0 Å². The number of hydrogen-bond acceptors (Lipinski definition) is 6. The lowest BCUT2D eigenvalue weighted by atomic mass is 10.1. The zero-order valence-corrected chi connectivity index (χ0v) is 12.3. The molecule has 2 aliphatic heterocycles. The second kappa shape index (κ2) is 6.60. The van der Waals surface area contributed by atoms with Crippen molar-refractivity contribution in [2.75, 3.05) is 26.3 Å². The Morgan fingerprint density at radius 2 is 2.32 bits per heavy atom. The zero-order valence-electron chi connectivity index (χ0n) is 12.3. The highest BCUT2D eigenvalue weighted by Crippen LogP contribution is 2.24. The largest absolute Gasteiger partial charge is 0.506 e. The second-order valence-electron chi connectivity index (χ2n) is 5.91. The van der Waals surface area contributed by atoms with Gasteiger partial charge in [-0.15, -0.1) is 0 Å². The summed E-state index contributed by atoms with van der Waals surface area (Å²) < 4.78 is 5.73. The number of hydrogen-bond donors (Lipinski definition) is 3. The van der Waals surface area contributed by atoms with Crippen LogP contribution in [0.1, 0.15) is 23.2 Å². The van der Waals surface area contributed by atoms with Crippen LogP contribution >= 0.6 is 0 Å². The fraction of sp³-hybridized carbons (Fsp3) is 0.600. The lowest BCUT2D eigenvalue weighted by molar-refractivity contribution is -0.0566. The van der Waals surface area contributed by atoms with Gasteiger partial charge in [-0.2, -0.15) is 0 Å². The van der Waals surface area contributed by atoms with Gasteiger partial charge in [-0.3, -0.25) is 14.7 Å². The molecule has 0 bridgehead atoms. The maximum atomic E-state index is 12.2. The minimum absolute atomic E-state index is 0.0169. The number of pyridine rings is 1. The van der Waals surface area contributed by atoms with Gasteiger partial charge in [-0.25, -0.2) is 0 Å². The molecule has 0 aliphatic carbocycles. The Hall–Kier alpha value is -1.70. The van der Waals surface area contributed by atoms with E-state index in [9.17, 15) is 9.90 Å². The molecule has 7 heteroatoms. The maximum Gasteiger partial charge on any atom is 0.253 e. The van der Waals surface area contributed by atoms with Gasteiger partial charge >= 0.3 is 0 Å². The van der Waals surface area contributed by atoms with Crippen LogP contribution in [-0.4, -0.2) is 70.5 Å². The molecule has 2 aliphatic rings. The third kappa shape index (κ3) is 3.37. The fourth-order valence-electron chi connectivity index (χ4n) is 3.19. The molecule has 3 heterocycles. The Kier molecular flexibility index (Phi) is 4.56. The van der Waals surface area contributed by atoms with Crippen LogP contribution in [0.2, 0.25) is 0 Å². The van der Waals surface area contributed by atoms with Gasteiger partial charge < -0.3 is 20.3 Å². The zero-order chi connectivity index (χ0) is 15.5. The minimum atomic E-state index is -0.221. The molecule has 0 unspecified atom stereocenters. The Morgan fingerprint density at radius 1 is 1.45 bits per heavy atom. The highest BCUT2D eigenvalue weighted by molar-refractivity contribution is 5.94. The Morgan fingerprint density at radius 3 is 3.09 bits per heavy atom. The van der Waals surface area contributed by atoms with Gasteiger partial charge in [0.1, 0.15) is 5.75 Å². The van der Waals surface area contributed by atoms with Crippen LogP contribution in [0, 0.1) is 0 Å². The average Bonchev–Trinajstić information content (AvgIpc) is 2.89. The van der Waals surface area contributed by atoms with E-state index in [0.29, 0.717) is 24.6 Å². The van der Waals surface area contributed by atoms with E-state index in [1.165, 1.54) is 18.5 Å². The number of aromatic hydroxyl groups is 1. The molecule has 1 aromatic heterocycles. The number of carbonyl (C=O) groups is 1. The van der Waals surface area contributed by atoms with E-state index < -0.39 is 0 Å². The van der Waals surface area contributed by atoms with E-state index in [1.54, 1.807) is 0 Å². The van der Waals surface area contributed by atoms with E-state index in [1.807, 2.05) is 0 Å². The SMILES string of the molecule is O=C(N[C@@H]1C[C@H]2CO[C@@H](CCO)CN2C1)c1cncc(O)c1. The van der Waals surface area contributed by atoms with Gasteiger partial charge in [0.25, 0.3) is 5.91 Å². The second-order valence-corrected chi connectivity index (χ2v) is 5.91. The summed E-state index contributed by atoms with van der Waals surface area (Å²) in [6.45, 7) is 2.36. The molecular formula is C15H21N3O4. The molecule has 3 rings (SSSR count). The number of carbonyl (C=O) groups excluding carboxylic acids is 1. The van der Waals surface area contributed by atoms with Crippen molar-refractivity contribution in [3.05, 3.63) is 24.0 Å². The van der Waals surface area contributed by atoms with E-state index in [0.717, 1.165) is 19.5 Å². The van der Waals surface area contributed by atoms with Gasteiger partial charge in [0.15, 0.2) is 0 Å². The summed E-state index contributed by atoms with van der Waals surface area (Å²) in [6, 6.07) is 1.80. The lowest BCUT2D eigenvalue weighted by Crippen LogP contribution is -2.46. The van der Waals surface area contributed by atoms with Crippen LogP contribution in [0.5, 0.6) is 5.75 Å². The van der Waals surface area contributed by atoms with E-state index in [4.69, 9.17) is 9.84 Å². The van der Waals surface area contributed by atoms with Gasteiger partial charge in [0.05, 0.1) is 24.5 Å². The maximum absolute atomic E-state index is 12.2. The topological polar surface area (TPSA) is 94.9 Å². The van der Waals surface area contributed by atoms with Crippen LogP contribution in [0.3, 0.4) is 0 Å². The van der Waals surface area contributed by atoms with Crippen molar-refractivity contribution in [3.8, 4) is 5.75 Å². The number of rotatable bonds is 4. The summed E-state index contributed by atoms with van der Waals surface area (Å²) in [7, 11) is 0. The van der Waals surface area contributed by atoms with Crippen molar-refractivity contribution in [2.45, 2.75) is 31.0 Å². The van der Waals surface area contributed by atoms with Crippen molar-refractivity contribution in [1.82, 2.24) is 15.2 Å². The molecule has 0 aromatic carbocycles. The first-order valence-electron chi connectivity index (χ1n) is 7.57. The molecule has 0 saturated carbocycles. The van der Waals surface area contributed by atoms with E-state index >= 15 is 0 Å². The number of nitrogens with one attached hydrogen (secondary N) is 1. The summed E-state index contributed by atoms with van der Waals surface area (Å²) >= 11 is 0. The first-order valence-corrected chi connectivity index (χ1v) is 7.57. The van der Waals surface area contributed by atoms with Crippen LogP contribution in [0.25, 0.3) is 0 Å². The molecule has 1 aromatic rings. The third-order valence-electron chi connectivity index (χ3n) is 4.26. The van der Waals surface area contributed by atoms with Gasteiger partial charge in [-0.05, 0) is 18.9 Å². The third-order valence-corrected chi connectivity index (χ3v) is 4.26. The lowest BCUT2D eigenvalue weighted by Gasteiger charge is -2.34. The van der Waals surface area contributed by atoms with E-state index in [-0.39, 0.29) is 30.4 Å². The van der Waals surface area contributed by atoms with Crippen LogP contribution in [-0.2, 0) is 4.74 Å². The van der Waals surface area contributed by atoms with Crippen molar-refractivity contribution < 1.29 is 19.7 Å². The molecule has 2 saturated heterocycles. The number of fused-ring (bicyclic) bond motifs is 1. The summed E-state index contributed by atoms with van der Waals surface area (Å²) in [6.07, 6.45) is 4.31. The molecule has 3 N–H and O–H groups in total. The molecule has 0 radical (unpaired) electrons. The van der Waals surface area contributed by atoms with Gasteiger partial charge in [0.2, 0.25) is 0 Å². The minimum Gasteiger partial charge on any atom is -0.506 e. The average molecular weight is 307 g/mol. The smallest absolute Gasteiger partial charge is 0.253 e. The van der Waals surface area contributed by atoms with Gasteiger partial charge in [0, 0.05) is 38.0 Å². The number of aliphatic hydroxyl groups excluding tert-OH is 1. The first-order chi connectivity index (χ1) is 10.7. The number of ether oxygens (including phenoxy) is 1. The van der Waals surface area contributed by atoms with Crippen LogP contribution < -0.4 is 5.32 Å². The predicted octanol–water partition coefficient (Wildman–Crippen LogP) is -0.259. The standard InChI is InChI=1S/C15H21N3O4/c19-2-1-14-8-18-7-11(4-12(18)9-22-14)17-15(21)10-3-13(20)6-16-5-10/h3,5-6,11-12,14,19-20H,1-2,4,7-9H2,(H,17,21)/t11-,12+,14+/m1/s1. The quantitative estimate of drug-likeness (QED) is 0.709. The summed E-state index contributed by atoms with van der Waals surface area (Å²) in [5.74, 6) is -0.238. The molecule has 120 valence electrons. The monoisotopic (exact) mass is 307 g/mol. The highest BCUT2D eigenvalue weighted by atomic mass is 16.5. The number of morpholine rings is 1. The number of aromatic nitrogens is 1. The molecule has 7 nitrogen and oxygen atoms in total. The van der Waals surface area contributed by atoms with Gasteiger partial charge in [-0.1, -0.05) is 0 Å². The summed E-state index contributed by atoms with van der Waals surface area (Å²) in [4.78, 5) is 18.3. The highest BCUT2D eigenvalue weighted by Gasteiger charge is 2.37. The molecule has 3 atom stereocenters. The summed E-state index contributed by atoms with van der Waals surface area (Å²) in [5.41, 5.74) is 0.360.